The molecule has 3 atom stereocenters. The number of carbonyl (C=O) groups excluding carboxylic acids is 2. The molecule has 3 N–H and O–H groups in total. The number of carbonyl (C=O) groups is 2. The first-order valence-electron chi connectivity index (χ1n) is 13.2. The van der Waals surface area contributed by atoms with Gasteiger partial charge < -0.3 is 30.3 Å². The van der Waals surface area contributed by atoms with Crippen LogP contribution in [0.3, 0.4) is 0 Å². The van der Waals surface area contributed by atoms with E-state index in [0.29, 0.717) is 23.5 Å². The highest BCUT2D eigenvalue weighted by Gasteiger charge is 2.34. The molecule has 8 nitrogen and oxygen atoms in total. The first-order valence-corrected chi connectivity index (χ1v) is 13.2. The Labute approximate surface area is 210 Å². The van der Waals surface area contributed by atoms with Crippen molar-refractivity contribution in [2.75, 3.05) is 38.6 Å². The summed E-state index contributed by atoms with van der Waals surface area (Å²) in [6.45, 7) is 9.95. The van der Waals surface area contributed by atoms with E-state index in [9.17, 15) is 14.7 Å². The second kappa shape index (κ2) is 12.6. The zero-order valence-corrected chi connectivity index (χ0v) is 22.0. The van der Waals surface area contributed by atoms with Gasteiger partial charge in [-0.2, -0.15) is 0 Å². The normalized spacial score (nSPS) is 22.3. The molecule has 3 rings (SSSR count). The summed E-state index contributed by atoms with van der Waals surface area (Å²) in [5.74, 6) is 1.14. The van der Waals surface area contributed by atoms with E-state index in [-0.39, 0.29) is 42.7 Å². The molecule has 2 aliphatic rings. The molecule has 0 aromatic heterocycles. The Bertz CT molecular complexity index is 856. The van der Waals surface area contributed by atoms with Crippen LogP contribution in [0.2, 0.25) is 0 Å². The smallest absolute Gasteiger partial charge is 0.319 e. The van der Waals surface area contributed by atoms with Crippen LogP contribution in [0.15, 0.2) is 18.2 Å². The van der Waals surface area contributed by atoms with E-state index in [1.807, 2.05) is 20.8 Å². The summed E-state index contributed by atoms with van der Waals surface area (Å²) in [7, 11) is 2.16. The first-order chi connectivity index (χ1) is 16.7. The van der Waals surface area contributed by atoms with Crippen LogP contribution in [-0.2, 0) is 0 Å². The molecule has 1 heterocycles. The van der Waals surface area contributed by atoms with Crippen LogP contribution in [0.1, 0.15) is 70.2 Å². The van der Waals surface area contributed by atoms with Crippen molar-refractivity contribution in [1.29, 1.82) is 0 Å². The molecule has 0 unspecified atom stereocenters. The fourth-order valence-electron chi connectivity index (χ4n) is 5.14. The summed E-state index contributed by atoms with van der Waals surface area (Å²) in [6.07, 6.45) is 6.48. The lowest BCUT2D eigenvalue weighted by molar-refractivity contribution is 0.0330. The predicted molar refractivity (Wildman–Crippen MR) is 139 cm³/mol. The molecule has 0 radical (unpaired) electrons. The van der Waals surface area contributed by atoms with Gasteiger partial charge >= 0.3 is 6.03 Å². The number of nitrogens with zero attached hydrogens (tertiary/aromatic N) is 2. The van der Waals surface area contributed by atoms with Crippen LogP contribution in [-0.4, -0.2) is 78.3 Å². The lowest BCUT2D eigenvalue weighted by Crippen LogP contribution is -2.50. The van der Waals surface area contributed by atoms with Gasteiger partial charge in [-0.25, -0.2) is 4.79 Å². The van der Waals surface area contributed by atoms with E-state index in [4.69, 9.17) is 4.74 Å². The number of fused-ring (bicyclic) bond motifs is 1. The summed E-state index contributed by atoms with van der Waals surface area (Å²) in [6, 6.07) is 4.56. The third-order valence-electron chi connectivity index (χ3n) is 7.13. The van der Waals surface area contributed by atoms with E-state index >= 15 is 0 Å². The van der Waals surface area contributed by atoms with Crippen molar-refractivity contribution in [3.05, 3.63) is 23.8 Å². The Kier molecular flexibility index (Phi) is 9.80. The Morgan fingerprint density at radius 3 is 2.57 bits per heavy atom. The van der Waals surface area contributed by atoms with Crippen molar-refractivity contribution < 1.29 is 19.4 Å². The van der Waals surface area contributed by atoms with Crippen LogP contribution in [0, 0.1) is 11.8 Å². The first kappa shape index (κ1) is 27.3. The van der Waals surface area contributed by atoms with E-state index in [2.05, 4.69) is 29.5 Å². The lowest BCUT2D eigenvalue weighted by Gasteiger charge is -2.38. The quantitative estimate of drug-likeness (QED) is 0.515. The van der Waals surface area contributed by atoms with Gasteiger partial charge in [0, 0.05) is 37.3 Å². The highest BCUT2D eigenvalue weighted by atomic mass is 16.5. The van der Waals surface area contributed by atoms with Crippen LogP contribution in [0.25, 0.3) is 0 Å². The minimum absolute atomic E-state index is 0.00181. The zero-order chi connectivity index (χ0) is 25.5. The van der Waals surface area contributed by atoms with Gasteiger partial charge in [0.1, 0.15) is 11.9 Å². The van der Waals surface area contributed by atoms with Crippen molar-refractivity contribution in [2.45, 2.75) is 78.0 Å². The average molecular weight is 489 g/mol. The number of hydrogen-bond donors (Lipinski definition) is 3. The van der Waals surface area contributed by atoms with Gasteiger partial charge in [-0.05, 0) is 64.8 Å². The summed E-state index contributed by atoms with van der Waals surface area (Å²) >= 11 is 0. The van der Waals surface area contributed by atoms with Gasteiger partial charge in [-0.3, -0.25) is 4.79 Å². The van der Waals surface area contributed by atoms with Crippen molar-refractivity contribution in [1.82, 2.24) is 15.1 Å². The number of benzene rings is 1. The second-order valence-corrected chi connectivity index (χ2v) is 10.8. The number of amides is 3. The van der Waals surface area contributed by atoms with E-state index < -0.39 is 0 Å². The molecule has 8 heteroatoms. The highest BCUT2D eigenvalue weighted by Crippen LogP contribution is 2.31. The Morgan fingerprint density at radius 1 is 1.20 bits per heavy atom. The topological polar surface area (TPSA) is 94.1 Å². The van der Waals surface area contributed by atoms with Crippen LogP contribution in [0.5, 0.6) is 5.75 Å². The minimum atomic E-state index is -0.324. The second-order valence-electron chi connectivity index (χ2n) is 10.8. The third-order valence-corrected chi connectivity index (χ3v) is 7.13. The molecule has 3 amide bonds. The zero-order valence-electron chi connectivity index (χ0n) is 22.0. The number of ether oxygens (including phenoxy) is 1. The highest BCUT2D eigenvalue weighted by molar-refractivity contribution is 5.99. The van der Waals surface area contributed by atoms with Crippen LogP contribution in [0.4, 0.5) is 10.5 Å². The molecule has 1 fully saturated rings. The number of aliphatic hydroxyl groups is 1. The number of aliphatic hydroxyl groups excluding tert-OH is 1. The van der Waals surface area contributed by atoms with Crippen molar-refractivity contribution in [2.24, 2.45) is 11.8 Å². The maximum Gasteiger partial charge on any atom is 0.319 e. The molecule has 0 bridgehead atoms. The van der Waals surface area contributed by atoms with Crippen molar-refractivity contribution in [3.63, 3.8) is 0 Å². The molecule has 0 saturated heterocycles. The van der Waals surface area contributed by atoms with Crippen LogP contribution >= 0.6 is 0 Å². The van der Waals surface area contributed by atoms with Gasteiger partial charge in [0.05, 0.1) is 18.2 Å². The Morgan fingerprint density at radius 2 is 1.91 bits per heavy atom. The standard InChI is InChI=1S/C27H44N4O4/c1-18(2)28-27(34)29-22-11-12-24-23(13-22)26(33)31(20(4)17-32)14-19(3)25(35-24)16-30(5)15-21-9-7-6-8-10-21/h11-13,18-21,25,32H,6-10,14-17H2,1-5H3,(H2,28,29,34)/t19-,20+,25-/m1/s1. The third kappa shape index (κ3) is 7.58. The molecule has 1 aliphatic carbocycles. The van der Waals surface area contributed by atoms with Gasteiger partial charge in [0.25, 0.3) is 5.91 Å². The maximum absolute atomic E-state index is 13.5. The molecular formula is C27H44N4O4. The Balaban J connectivity index is 1.83. The van der Waals surface area contributed by atoms with Gasteiger partial charge in [0.2, 0.25) is 0 Å². The largest absolute Gasteiger partial charge is 0.488 e. The summed E-state index contributed by atoms with van der Waals surface area (Å²) in [5.41, 5.74) is 0.925. The lowest BCUT2D eigenvalue weighted by atomic mass is 9.89. The molecule has 1 aromatic carbocycles. The molecule has 0 spiro atoms. The number of hydrogen-bond acceptors (Lipinski definition) is 5. The molecule has 35 heavy (non-hydrogen) atoms. The molecular weight excluding hydrogens is 444 g/mol. The number of anilines is 1. The molecule has 196 valence electrons. The van der Waals surface area contributed by atoms with E-state index in [1.165, 1.54) is 32.1 Å². The van der Waals surface area contributed by atoms with E-state index in [1.54, 1.807) is 23.1 Å². The summed E-state index contributed by atoms with van der Waals surface area (Å²) in [4.78, 5) is 29.8. The van der Waals surface area contributed by atoms with Gasteiger partial charge in [0.15, 0.2) is 0 Å². The fourth-order valence-corrected chi connectivity index (χ4v) is 5.14. The SMILES string of the molecule is CC(C)NC(=O)Nc1ccc2c(c1)C(=O)N([C@@H](C)CO)C[C@@H](C)[C@@H](CN(C)CC1CCCCC1)O2. The van der Waals surface area contributed by atoms with Crippen molar-refractivity contribution in [3.8, 4) is 5.75 Å². The van der Waals surface area contributed by atoms with Gasteiger partial charge in [-0.1, -0.05) is 26.2 Å². The molecule has 1 aliphatic heterocycles. The average Bonchev–Trinajstić information content (AvgIpc) is 2.81. The van der Waals surface area contributed by atoms with Crippen molar-refractivity contribution >= 4 is 17.6 Å². The van der Waals surface area contributed by atoms with E-state index in [0.717, 1.165) is 19.0 Å². The molecule has 1 saturated carbocycles. The predicted octanol–water partition coefficient (Wildman–Crippen LogP) is 3.95. The number of nitrogens with one attached hydrogen (secondary N) is 2. The monoisotopic (exact) mass is 488 g/mol. The maximum atomic E-state index is 13.5. The fraction of sp³-hybridized carbons (Fsp3) is 0.704. The summed E-state index contributed by atoms with van der Waals surface area (Å²) < 4.78 is 6.49. The summed E-state index contributed by atoms with van der Waals surface area (Å²) in [5, 5.41) is 15.4. The number of rotatable bonds is 8. The number of likely N-dealkylation sites (N-methyl/N-ethyl adjacent to an activating group) is 1. The minimum Gasteiger partial charge on any atom is -0.488 e. The Hall–Kier alpha value is -2.32. The van der Waals surface area contributed by atoms with Gasteiger partial charge in [-0.15, -0.1) is 0 Å². The van der Waals surface area contributed by atoms with Crippen LogP contribution < -0.4 is 15.4 Å². The molecule has 1 aromatic rings. The number of urea groups is 1.